The van der Waals surface area contributed by atoms with E-state index in [4.69, 9.17) is 25.8 Å². The van der Waals surface area contributed by atoms with Gasteiger partial charge in [0.05, 0.1) is 26.0 Å². The van der Waals surface area contributed by atoms with Gasteiger partial charge in [-0.2, -0.15) is 5.01 Å². The van der Waals surface area contributed by atoms with Gasteiger partial charge in [-0.25, -0.2) is 0 Å². The van der Waals surface area contributed by atoms with E-state index in [0.29, 0.717) is 5.02 Å². The molecule has 30 heavy (non-hydrogen) atoms. The van der Waals surface area contributed by atoms with Gasteiger partial charge in [0, 0.05) is 16.1 Å². The maximum absolute atomic E-state index is 6.40. The molecule has 1 N–H and O–H groups in total. The fourth-order valence-corrected chi connectivity index (χ4v) is 4.12. The Morgan fingerprint density at radius 3 is 2.43 bits per heavy atom. The van der Waals surface area contributed by atoms with E-state index in [0.717, 1.165) is 39.6 Å². The number of fused-ring (bicyclic) bond motifs is 3. The van der Waals surface area contributed by atoms with Crippen molar-refractivity contribution in [2.24, 2.45) is 0 Å². The van der Waals surface area contributed by atoms with E-state index >= 15 is 0 Å². The molecule has 0 saturated carbocycles. The van der Waals surface area contributed by atoms with Crippen molar-refractivity contribution in [3.8, 4) is 17.2 Å². The van der Waals surface area contributed by atoms with Crippen LogP contribution in [0, 0.1) is 0 Å². The van der Waals surface area contributed by atoms with Crippen LogP contribution in [0.25, 0.3) is 5.70 Å². The molecule has 0 saturated heterocycles. The van der Waals surface area contributed by atoms with Gasteiger partial charge in [-0.1, -0.05) is 23.7 Å². The minimum Gasteiger partial charge on any atom is -0.497 e. The third-order valence-corrected chi connectivity index (χ3v) is 5.67. The van der Waals surface area contributed by atoms with Crippen LogP contribution in [0.3, 0.4) is 0 Å². The van der Waals surface area contributed by atoms with Crippen molar-refractivity contribution in [3.63, 3.8) is 0 Å². The second-order valence-corrected chi connectivity index (χ2v) is 7.64. The zero-order valence-electron chi connectivity index (χ0n) is 16.6. The van der Waals surface area contributed by atoms with Gasteiger partial charge in [0.1, 0.15) is 17.2 Å². The lowest BCUT2D eigenvalue weighted by molar-refractivity contribution is -0.0327. The molecule has 2 heterocycles. The molecular weight excluding hydrogens is 400 g/mol. The average molecular weight is 421 g/mol. The van der Waals surface area contributed by atoms with Gasteiger partial charge in [0.25, 0.3) is 0 Å². The van der Waals surface area contributed by atoms with E-state index in [9.17, 15) is 0 Å². The molecule has 152 valence electrons. The van der Waals surface area contributed by atoms with Crippen LogP contribution in [-0.4, -0.2) is 19.2 Å². The molecule has 2 unspecified atom stereocenters. The first-order valence-corrected chi connectivity index (χ1v) is 10.1. The second-order valence-electron chi connectivity index (χ2n) is 7.20. The lowest BCUT2D eigenvalue weighted by atomic mass is 10.0. The lowest BCUT2D eigenvalue weighted by Crippen LogP contribution is -2.43. The topological polar surface area (TPSA) is 43.0 Å². The van der Waals surface area contributed by atoms with Crippen LogP contribution in [0.15, 0.2) is 72.8 Å². The van der Waals surface area contributed by atoms with Crippen molar-refractivity contribution in [1.82, 2.24) is 10.4 Å². The quantitative estimate of drug-likeness (QED) is 0.616. The Balaban J connectivity index is 1.58. The molecule has 0 bridgehead atoms. The van der Waals surface area contributed by atoms with Crippen LogP contribution < -0.4 is 19.6 Å². The third-order valence-electron chi connectivity index (χ3n) is 5.44. The molecule has 0 aliphatic carbocycles. The number of rotatable bonds is 4. The van der Waals surface area contributed by atoms with Crippen LogP contribution in [0.4, 0.5) is 0 Å². The largest absolute Gasteiger partial charge is 0.497 e. The summed E-state index contributed by atoms with van der Waals surface area (Å²) in [6, 6.07) is 21.6. The van der Waals surface area contributed by atoms with Crippen LogP contribution in [0.2, 0.25) is 5.02 Å². The van der Waals surface area contributed by atoms with Crippen molar-refractivity contribution >= 4 is 17.3 Å². The molecule has 0 amide bonds. The fourth-order valence-electron chi connectivity index (χ4n) is 3.92. The van der Waals surface area contributed by atoms with Crippen molar-refractivity contribution in [2.75, 3.05) is 14.2 Å². The summed E-state index contributed by atoms with van der Waals surface area (Å²) in [6.45, 7) is 0. The summed E-state index contributed by atoms with van der Waals surface area (Å²) in [6.07, 6.45) is 1.88. The third kappa shape index (κ3) is 3.26. The summed E-state index contributed by atoms with van der Waals surface area (Å²) >= 11 is 6.26. The normalized spacial score (nSPS) is 19.8. The van der Waals surface area contributed by atoms with Crippen molar-refractivity contribution < 1.29 is 14.2 Å². The number of nitrogens with zero attached hydrogens (tertiary/aromatic N) is 1. The lowest BCUT2D eigenvalue weighted by Gasteiger charge is -2.39. The Morgan fingerprint density at radius 2 is 1.70 bits per heavy atom. The molecule has 6 heteroatoms. The van der Waals surface area contributed by atoms with E-state index in [-0.39, 0.29) is 12.3 Å². The number of nitrogens with one attached hydrogen (secondary N) is 1. The predicted octanol–water partition coefficient (Wildman–Crippen LogP) is 5.35. The Labute approximate surface area is 180 Å². The molecule has 0 aromatic heterocycles. The first-order valence-electron chi connectivity index (χ1n) is 9.67. The summed E-state index contributed by atoms with van der Waals surface area (Å²) in [7, 11) is 3.34. The molecular formula is C24H21ClN2O3. The zero-order chi connectivity index (χ0) is 20.7. The maximum atomic E-state index is 6.40. The van der Waals surface area contributed by atoms with Crippen molar-refractivity contribution in [2.45, 2.75) is 12.3 Å². The van der Waals surface area contributed by atoms with E-state index < -0.39 is 0 Å². The SMILES string of the molecule is COc1ccc(C2=CC3c4cc(OC)ccc4OC(c4cccc(Cl)c4)N3N2)cc1. The molecule has 2 aliphatic heterocycles. The average Bonchev–Trinajstić information content (AvgIpc) is 3.24. The highest BCUT2D eigenvalue weighted by molar-refractivity contribution is 6.30. The van der Waals surface area contributed by atoms with Gasteiger partial charge in [0.2, 0.25) is 0 Å². The summed E-state index contributed by atoms with van der Waals surface area (Å²) in [5, 5.41) is 2.78. The van der Waals surface area contributed by atoms with Gasteiger partial charge < -0.3 is 19.6 Å². The zero-order valence-corrected chi connectivity index (χ0v) is 17.4. The van der Waals surface area contributed by atoms with Crippen LogP contribution >= 0.6 is 11.6 Å². The molecule has 3 aromatic carbocycles. The first kappa shape index (κ1) is 18.9. The van der Waals surface area contributed by atoms with Crippen LogP contribution in [-0.2, 0) is 0 Å². The van der Waals surface area contributed by atoms with Gasteiger partial charge in [0.15, 0.2) is 6.23 Å². The number of hydrazine groups is 1. The minimum atomic E-state index is -0.332. The first-order chi connectivity index (χ1) is 14.7. The summed E-state index contributed by atoms with van der Waals surface area (Å²) in [4.78, 5) is 0. The Bertz CT molecular complexity index is 1110. The van der Waals surface area contributed by atoms with Gasteiger partial charge in [-0.3, -0.25) is 0 Å². The Morgan fingerprint density at radius 1 is 0.933 bits per heavy atom. The van der Waals surface area contributed by atoms with E-state index in [2.05, 4.69) is 16.5 Å². The standard InChI is InChI=1S/C24H21ClN2O3/c1-28-18-8-6-15(7-9-18)21-14-22-20-13-19(29-2)10-11-23(20)30-24(27(22)26-21)16-4-3-5-17(25)12-16/h3-14,22,24,26H,1-2H3. The predicted molar refractivity (Wildman–Crippen MR) is 117 cm³/mol. The summed E-state index contributed by atoms with van der Waals surface area (Å²) < 4.78 is 17.1. The molecule has 2 atom stereocenters. The highest BCUT2D eigenvalue weighted by atomic mass is 35.5. The minimum absolute atomic E-state index is 0.0232. The smallest absolute Gasteiger partial charge is 0.196 e. The molecule has 0 radical (unpaired) electrons. The number of hydrogen-bond acceptors (Lipinski definition) is 5. The van der Waals surface area contributed by atoms with Gasteiger partial charge in [-0.15, -0.1) is 0 Å². The Kier molecular flexibility index (Phi) is 4.77. The monoisotopic (exact) mass is 420 g/mol. The maximum Gasteiger partial charge on any atom is 0.196 e. The van der Waals surface area contributed by atoms with E-state index in [1.807, 2.05) is 66.7 Å². The van der Waals surface area contributed by atoms with E-state index in [1.54, 1.807) is 14.2 Å². The van der Waals surface area contributed by atoms with Crippen molar-refractivity contribution in [1.29, 1.82) is 0 Å². The molecule has 0 spiro atoms. The number of halogens is 1. The summed E-state index contributed by atoms with van der Waals surface area (Å²) in [5.41, 5.74) is 7.64. The molecule has 3 aromatic rings. The molecule has 2 aliphatic rings. The number of ether oxygens (including phenoxy) is 3. The van der Waals surface area contributed by atoms with E-state index in [1.165, 1.54) is 0 Å². The summed E-state index contributed by atoms with van der Waals surface area (Å²) in [5.74, 6) is 2.45. The number of hydrogen-bond donors (Lipinski definition) is 1. The fraction of sp³-hybridized carbons (Fsp3) is 0.167. The highest BCUT2D eigenvalue weighted by Crippen LogP contribution is 2.47. The van der Waals surface area contributed by atoms with Crippen LogP contribution in [0.5, 0.6) is 17.2 Å². The molecule has 5 nitrogen and oxygen atoms in total. The second kappa shape index (κ2) is 7.59. The molecule has 0 fully saturated rings. The van der Waals surface area contributed by atoms with Gasteiger partial charge in [-0.05, 0) is 66.2 Å². The van der Waals surface area contributed by atoms with Crippen molar-refractivity contribution in [3.05, 3.63) is 94.5 Å². The van der Waals surface area contributed by atoms with Gasteiger partial charge >= 0.3 is 0 Å². The highest BCUT2D eigenvalue weighted by Gasteiger charge is 2.40. The number of methoxy groups -OCH3 is 2. The number of benzene rings is 3. The molecule has 5 rings (SSSR count). The van der Waals surface area contributed by atoms with Crippen LogP contribution in [0.1, 0.15) is 29.0 Å². The Hall–Kier alpha value is -3.15.